The van der Waals surface area contributed by atoms with Gasteiger partial charge >= 0.3 is 0 Å². The molecule has 1 aromatic carbocycles. The lowest BCUT2D eigenvalue weighted by molar-refractivity contribution is 0.102. The fraction of sp³-hybridized carbons (Fsp3) is 0.286. The fourth-order valence-corrected chi connectivity index (χ4v) is 1.91. The summed E-state index contributed by atoms with van der Waals surface area (Å²) in [6.45, 7) is 2.19. The summed E-state index contributed by atoms with van der Waals surface area (Å²) in [6.07, 6.45) is 3.28. The van der Waals surface area contributed by atoms with Crippen LogP contribution in [-0.2, 0) is 11.5 Å². The van der Waals surface area contributed by atoms with Crippen molar-refractivity contribution in [3.8, 4) is 5.75 Å². The molecule has 20 heavy (non-hydrogen) atoms. The highest BCUT2D eigenvalue weighted by Crippen LogP contribution is 2.21. The Labute approximate surface area is 117 Å². The molecular formula is C14H17N3O3. The highest BCUT2D eigenvalue weighted by Gasteiger charge is 2.13. The van der Waals surface area contributed by atoms with Gasteiger partial charge in [0.05, 0.1) is 25.2 Å². The van der Waals surface area contributed by atoms with Crippen molar-refractivity contribution < 1.29 is 14.3 Å². The van der Waals surface area contributed by atoms with Gasteiger partial charge < -0.3 is 14.8 Å². The minimum atomic E-state index is -0.196. The Kier molecular flexibility index (Phi) is 4.37. The molecule has 106 valence electrons. The third-order valence-corrected chi connectivity index (χ3v) is 2.90. The van der Waals surface area contributed by atoms with E-state index in [4.69, 9.17) is 9.47 Å². The van der Waals surface area contributed by atoms with E-state index in [0.29, 0.717) is 23.7 Å². The van der Waals surface area contributed by atoms with Crippen LogP contribution >= 0.6 is 0 Å². The average molecular weight is 275 g/mol. The Morgan fingerprint density at radius 2 is 2.20 bits per heavy atom. The summed E-state index contributed by atoms with van der Waals surface area (Å²) in [4.78, 5) is 12.2. The molecular weight excluding hydrogens is 258 g/mol. The number of anilines is 1. The monoisotopic (exact) mass is 275 g/mol. The first kappa shape index (κ1) is 14.1. The number of hydrogen-bond acceptors (Lipinski definition) is 4. The van der Waals surface area contributed by atoms with Gasteiger partial charge in [0.2, 0.25) is 0 Å². The molecule has 1 heterocycles. The van der Waals surface area contributed by atoms with Crippen LogP contribution in [0.5, 0.6) is 5.75 Å². The minimum absolute atomic E-state index is 0.196. The number of nitrogens with one attached hydrogen (secondary N) is 1. The quantitative estimate of drug-likeness (QED) is 0.907. The van der Waals surface area contributed by atoms with Gasteiger partial charge in [-0.1, -0.05) is 6.07 Å². The van der Waals surface area contributed by atoms with Gasteiger partial charge in [-0.2, -0.15) is 5.10 Å². The van der Waals surface area contributed by atoms with Crippen molar-refractivity contribution in [1.82, 2.24) is 9.78 Å². The molecule has 0 spiro atoms. The van der Waals surface area contributed by atoms with E-state index < -0.39 is 0 Å². The first-order chi connectivity index (χ1) is 9.65. The van der Waals surface area contributed by atoms with Crippen LogP contribution in [0.4, 0.5) is 5.69 Å². The molecule has 0 radical (unpaired) electrons. The predicted octanol–water partition coefficient (Wildman–Crippen LogP) is 2.06. The molecule has 2 aromatic rings. The molecule has 0 aliphatic heterocycles. The van der Waals surface area contributed by atoms with E-state index in [9.17, 15) is 4.79 Å². The van der Waals surface area contributed by atoms with Crippen LogP contribution in [0.15, 0.2) is 30.6 Å². The maximum atomic E-state index is 12.2. The Morgan fingerprint density at radius 1 is 1.40 bits per heavy atom. The number of hydrogen-bond donors (Lipinski definition) is 1. The number of benzene rings is 1. The molecule has 2 rings (SSSR count). The molecule has 1 aromatic heterocycles. The van der Waals surface area contributed by atoms with Crippen LogP contribution in [0, 0.1) is 6.92 Å². The van der Waals surface area contributed by atoms with E-state index in [2.05, 4.69) is 10.4 Å². The van der Waals surface area contributed by atoms with Gasteiger partial charge in [0.25, 0.3) is 5.91 Å². The Bertz CT molecular complexity index is 607. The Balaban J connectivity index is 2.15. The zero-order valence-corrected chi connectivity index (χ0v) is 11.7. The van der Waals surface area contributed by atoms with Crippen molar-refractivity contribution in [2.75, 3.05) is 19.5 Å². The number of amides is 1. The van der Waals surface area contributed by atoms with Gasteiger partial charge in [-0.25, -0.2) is 4.68 Å². The summed E-state index contributed by atoms with van der Waals surface area (Å²) in [5.41, 5.74) is 2.00. The first-order valence-corrected chi connectivity index (χ1v) is 6.12. The number of methoxy groups -OCH3 is 2. The summed E-state index contributed by atoms with van der Waals surface area (Å²) in [7, 11) is 3.17. The number of nitrogens with zero attached hydrogens (tertiary/aromatic N) is 2. The summed E-state index contributed by atoms with van der Waals surface area (Å²) in [6, 6.07) is 5.37. The van der Waals surface area contributed by atoms with Crippen molar-refractivity contribution in [1.29, 1.82) is 0 Å². The summed E-state index contributed by atoms with van der Waals surface area (Å²) in [5, 5.41) is 6.86. The Morgan fingerprint density at radius 3 is 2.90 bits per heavy atom. The third-order valence-electron chi connectivity index (χ3n) is 2.90. The fourth-order valence-electron chi connectivity index (χ4n) is 1.91. The van der Waals surface area contributed by atoms with E-state index in [1.807, 2.05) is 13.0 Å². The van der Waals surface area contributed by atoms with Crippen molar-refractivity contribution in [3.05, 3.63) is 41.7 Å². The van der Waals surface area contributed by atoms with Crippen LogP contribution in [0.1, 0.15) is 15.9 Å². The SMILES string of the molecule is COCn1cc(NC(=O)c2cccc(OC)c2C)cn1. The van der Waals surface area contributed by atoms with Gasteiger partial charge in [-0.3, -0.25) is 4.79 Å². The van der Waals surface area contributed by atoms with Crippen LogP contribution in [0.2, 0.25) is 0 Å². The van der Waals surface area contributed by atoms with E-state index in [0.717, 1.165) is 5.56 Å². The molecule has 0 bridgehead atoms. The highest BCUT2D eigenvalue weighted by atomic mass is 16.5. The normalized spacial score (nSPS) is 10.3. The number of carbonyl (C=O) groups excluding carboxylic acids is 1. The van der Waals surface area contributed by atoms with E-state index >= 15 is 0 Å². The lowest BCUT2D eigenvalue weighted by atomic mass is 10.1. The second kappa shape index (κ2) is 6.21. The predicted molar refractivity (Wildman–Crippen MR) is 74.9 cm³/mol. The smallest absolute Gasteiger partial charge is 0.256 e. The van der Waals surface area contributed by atoms with Gasteiger partial charge in [-0.05, 0) is 19.1 Å². The maximum absolute atomic E-state index is 12.2. The summed E-state index contributed by atoms with van der Waals surface area (Å²) in [5.74, 6) is 0.492. The van der Waals surface area contributed by atoms with Gasteiger partial charge in [0.1, 0.15) is 12.5 Å². The molecule has 0 aliphatic rings. The Hall–Kier alpha value is -2.34. The molecule has 6 nitrogen and oxygen atoms in total. The third kappa shape index (κ3) is 2.97. The zero-order valence-electron chi connectivity index (χ0n) is 11.7. The van der Waals surface area contributed by atoms with Crippen LogP contribution in [0.3, 0.4) is 0 Å². The van der Waals surface area contributed by atoms with E-state index in [1.54, 1.807) is 43.4 Å². The van der Waals surface area contributed by atoms with Crippen molar-refractivity contribution in [2.24, 2.45) is 0 Å². The average Bonchev–Trinajstić information content (AvgIpc) is 2.86. The van der Waals surface area contributed by atoms with Gasteiger partial charge in [0.15, 0.2) is 0 Å². The molecule has 0 aliphatic carbocycles. The van der Waals surface area contributed by atoms with Crippen LogP contribution in [0.25, 0.3) is 0 Å². The largest absolute Gasteiger partial charge is 0.496 e. The minimum Gasteiger partial charge on any atom is -0.496 e. The molecule has 0 saturated carbocycles. The molecule has 0 atom stereocenters. The molecule has 0 unspecified atom stereocenters. The number of carbonyl (C=O) groups is 1. The maximum Gasteiger partial charge on any atom is 0.256 e. The summed E-state index contributed by atoms with van der Waals surface area (Å²) >= 11 is 0. The van der Waals surface area contributed by atoms with E-state index in [1.165, 1.54) is 0 Å². The molecule has 0 saturated heterocycles. The van der Waals surface area contributed by atoms with Crippen LogP contribution < -0.4 is 10.1 Å². The van der Waals surface area contributed by atoms with Crippen molar-refractivity contribution in [2.45, 2.75) is 13.7 Å². The van der Waals surface area contributed by atoms with Gasteiger partial charge in [0, 0.05) is 18.2 Å². The number of rotatable bonds is 5. The number of aromatic nitrogens is 2. The van der Waals surface area contributed by atoms with Gasteiger partial charge in [-0.15, -0.1) is 0 Å². The molecule has 0 fully saturated rings. The first-order valence-electron chi connectivity index (χ1n) is 6.12. The molecule has 6 heteroatoms. The van der Waals surface area contributed by atoms with Crippen molar-refractivity contribution in [3.63, 3.8) is 0 Å². The lowest BCUT2D eigenvalue weighted by Gasteiger charge is -2.09. The zero-order chi connectivity index (χ0) is 14.5. The standard InChI is InChI=1S/C14H17N3O3/c1-10-12(5-4-6-13(10)20-3)14(18)16-11-7-15-17(8-11)9-19-2/h4-8H,9H2,1-3H3,(H,16,18). The highest BCUT2D eigenvalue weighted by molar-refractivity contribution is 6.05. The van der Waals surface area contributed by atoms with Crippen molar-refractivity contribution >= 4 is 11.6 Å². The topological polar surface area (TPSA) is 65.4 Å². The lowest BCUT2D eigenvalue weighted by Crippen LogP contribution is -2.13. The second-order valence-corrected chi connectivity index (χ2v) is 4.27. The molecule has 1 N–H and O–H groups in total. The molecule has 1 amide bonds. The van der Waals surface area contributed by atoms with Crippen LogP contribution in [-0.4, -0.2) is 29.9 Å². The van der Waals surface area contributed by atoms with E-state index in [-0.39, 0.29) is 5.91 Å². The second-order valence-electron chi connectivity index (χ2n) is 4.27. The number of ether oxygens (including phenoxy) is 2. The summed E-state index contributed by atoms with van der Waals surface area (Å²) < 4.78 is 11.8.